The van der Waals surface area contributed by atoms with E-state index in [1.54, 1.807) is 0 Å². The molecule has 112 valence electrons. The molecule has 5 heteroatoms. The summed E-state index contributed by atoms with van der Waals surface area (Å²) in [5, 5.41) is 2.95. The van der Waals surface area contributed by atoms with Gasteiger partial charge in [-0.25, -0.2) is 4.98 Å². The van der Waals surface area contributed by atoms with Gasteiger partial charge in [0.15, 0.2) is 0 Å². The molecule has 0 aliphatic carbocycles. The van der Waals surface area contributed by atoms with E-state index in [9.17, 15) is 4.79 Å². The van der Waals surface area contributed by atoms with Gasteiger partial charge in [0.1, 0.15) is 5.65 Å². The van der Waals surface area contributed by atoms with E-state index >= 15 is 0 Å². The summed E-state index contributed by atoms with van der Waals surface area (Å²) in [7, 11) is 0. The van der Waals surface area contributed by atoms with Gasteiger partial charge in [0.05, 0.1) is 17.4 Å². The molecule has 3 heterocycles. The van der Waals surface area contributed by atoms with Crippen molar-refractivity contribution in [1.29, 1.82) is 0 Å². The molecule has 1 amide bonds. The lowest BCUT2D eigenvalue weighted by Gasteiger charge is -2.11. The van der Waals surface area contributed by atoms with Crippen molar-refractivity contribution < 1.29 is 9.53 Å². The van der Waals surface area contributed by atoms with E-state index < -0.39 is 0 Å². The van der Waals surface area contributed by atoms with Gasteiger partial charge in [-0.05, 0) is 38.3 Å². The van der Waals surface area contributed by atoms with Crippen LogP contribution in [-0.2, 0) is 11.2 Å². The molecule has 1 N–H and O–H groups in total. The zero-order valence-electron chi connectivity index (χ0n) is 12.6. The number of hydrogen-bond acceptors (Lipinski definition) is 3. The topological polar surface area (TPSA) is 55.6 Å². The minimum absolute atomic E-state index is 0.0569. The molecule has 1 saturated heterocycles. The summed E-state index contributed by atoms with van der Waals surface area (Å²) in [5.41, 5.74) is 3.72. The monoisotopic (exact) mass is 287 g/mol. The Kier molecular flexibility index (Phi) is 3.92. The highest BCUT2D eigenvalue weighted by atomic mass is 16.5. The summed E-state index contributed by atoms with van der Waals surface area (Å²) in [6.45, 7) is 5.51. The summed E-state index contributed by atoms with van der Waals surface area (Å²) in [4.78, 5) is 16.8. The highest BCUT2D eigenvalue weighted by Gasteiger charge is 2.17. The molecule has 0 bridgehead atoms. The van der Waals surface area contributed by atoms with Gasteiger partial charge in [-0.2, -0.15) is 0 Å². The quantitative estimate of drug-likeness (QED) is 0.937. The Hall–Kier alpha value is -1.88. The average molecular weight is 287 g/mol. The van der Waals surface area contributed by atoms with Gasteiger partial charge < -0.3 is 14.5 Å². The smallest absolute Gasteiger partial charge is 0.252 e. The van der Waals surface area contributed by atoms with Crippen LogP contribution >= 0.6 is 0 Å². The summed E-state index contributed by atoms with van der Waals surface area (Å²) in [6, 6.07) is 3.72. The fraction of sp³-hybridized carbons (Fsp3) is 0.500. The van der Waals surface area contributed by atoms with E-state index in [2.05, 4.69) is 17.2 Å². The molecule has 2 aromatic rings. The molecular weight excluding hydrogens is 266 g/mol. The van der Waals surface area contributed by atoms with Crippen molar-refractivity contribution in [3.63, 3.8) is 0 Å². The fourth-order valence-electron chi connectivity index (χ4n) is 2.79. The van der Waals surface area contributed by atoms with Gasteiger partial charge in [-0.3, -0.25) is 4.79 Å². The van der Waals surface area contributed by atoms with E-state index in [0.717, 1.165) is 42.9 Å². The van der Waals surface area contributed by atoms with Crippen LogP contribution in [0.25, 0.3) is 5.65 Å². The van der Waals surface area contributed by atoms with Crippen molar-refractivity contribution in [2.45, 2.75) is 39.2 Å². The molecule has 21 heavy (non-hydrogen) atoms. The Morgan fingerprint density at radius 1 is 1.52 bits per heavy atom. The van der Waals surface area contributed by atoms with Crippen molar-refractivity contribution in [3.8, 4) is 0 Å². The number of hydrogen-bond donors (Lipinski definition) is 1. The van der Waals surface area contributed by atoms with Gasteiger partial charge in [0, 0.05) is 25.0 Å². The number of aryl methyl sites for hydroxylation is 2. The van der Waals surface area contributed by atoms with Crippen LogP contribution in [-0.4, -0.2) is 34.5 Å². The third-order valence-electron chi connectivity index (χ3n) is 4.07. The molecule has 1 fully saturated rings. The van der Waals surface area contributed by atoms with Crippen LogP contribution in [0.15, 0.2) is 18.3 Å². The minimum Gasteiger partial charge on any atom is -0.376 e. The zero-order valence-corrected chi connectivity index (χ0v) is 12.6. The largest absolute Gasteiger partial charge is 0.376 e. The van der Waals surface area contributed by atoms with E-state index in [-0.39, 0.29) is 12.0 Å². The molecule has 0 spiro atoms. The van der Waals surface area contributed by atoms with Crippen molar-refractivity contribution >= 4 is 11.6 Å². The van der Waals surface area contributed by atoms with Crippen LogP contribution < -0.4 is 5.32 Å². The molecule has 1 aliphatic rings. The maximum Gasteiger partial charge on any atom is 0.252 e. The number of rotatable bonds is 4. The Bertz CT molecular complexity index is 657. The van der Waals surface area contributed by atoms with Crippen molar-refractivity contribution in [2.24, 2.45) is 0 Å². The number of carbonyl (C=O) groups is 1. The number of carbonyl (C=O) groups excluding carboxylic acids is 1. The first kappa shape index (κ1) is 14.1. The molecule has 1 atom stereocenters. The standard InChI is InChI=1S/C16H21N3O2/c1-3-14-11(2)19-10-12(6-7-15(19)18-14)16(20)17-9-13-5-4-8-21-13/h6-7,10,13H,3-5,8-9H2,1-2H3,(H,17,20). The predicted octanol–water partition coefficient (Wildman–Crippen LogP) is 2.11. The van der Waals surface area contributed by atoms with Crippen LogP contribution in [0.3, 0.4) is 0 Å². The summed E-state index contributed by atoms with van der Waals surface area (Å²) < 4.78 is 7.50. The van der Waals surface area contributed by atoms with Crippen molar-refractivity contribution in [2.75, 3.05) is 13.2 Å². The first-order valence-corrected chi connectivity index (χ1v) is 7.56. The molecular formula is C16H21N3O2. The summed E-state index contributed by atoms with van der Waals surface area (Å²) >= 11 is 0. The highest BCUT2D eigenvalue weighted by Crippen LogP contribution is 2.14. The first-order chi connectivity index (χ1) is 10.2. The van der Waals surface area contributed by atoms with Crippen LogP contribution in [0.4, 0.5) is 0 Å². The van der Waals surface area contributed by atoms with E-state index in [0.29, 0.717) is 12.1 Å². The number of nitrogens with zero attached hydrogens (tertiary/aromatic N) is 2. The normalized spacial score (nSPS) is 18.3. The van der Waals surface area contributed by atoms with Crippen molar-refractivity contribution in [3.05, 3.63) is 35.3 Å². The maximum absolute atomic E-state index is 12.2. The molecule has 1 unspecified atom stereocenters. The third-order valence-corrected chi connectivity index (χ3v) is 4.07. The van der Waals surface area contributed by atoms with Gasteiger partial charge >= 0.3 is 0 Å². The Labute approximate surface area is 124 Å². The molecule has 2 aromatic heterocycles. The molecule has 0 aromatic carbocycles. The number of imidazole rings is 1. The number of fused-ring (bicyclic) bond motifs is 1. The molecule has 0 saturated carbocycles. The third kappa shape index (κ3) is 2.78. The number of pyridine rings is 1. The van der Waals surface area contributed by atoms with Crippen molar-refractivity contribution in [1.82, 2.24) is 14.7 Å². The minimum atomic E-state index is -0.0569. The second kappa shape index (κ2) is 5.85. The van der Waals surface area contributed by atoms with Crippen LogP contribution in [0, 0.1) is 6.92 Å². The lowest BCUT2D eigenvalue weighted by Crippen LogP contribution is -2.31. The molecule has 3 rings (SSSR count). The van der Waals surface area contributed by atoms with E-state index in [1.807, 2.05) is 29.7 Å². The Balaban J connectivity index is 1.76. The number of ether oxygens (including phenoxy) is 1. The van der Waals surface area contributed by atoms with Gasteiger partial charge in [0.2, 0.25) is 0 Å². The average Bonchev–Trinajstić information content (AvgIpc) is 3.12. The molecule has 0 radical (unpaired) electrons. The highest BCUT2D eigenvalue weighted by molar-refractivity contribution is 5.94. The van der Waals surface area contributed by atoms with Crippen LogP contribution in [0.2, 0.25) is 0 Å². The number of aromatic nitrogens is 2. The van der Waals surface area contributed by atoms with Gasteiger partial charge in [0.25, 0.3) is 5.91 Å². The zero-order chi connectivity index (χ0) is 14.8. The first-order valence-electron chi connectivity index (χ1n) is 7.56. The molecule has 1 aliphatic heterocycles. The lowest BCUT2D eigenvalue weighted by molar-refractivity contribution is 0.0857. The second-order valence-electron chi connectivity index (χ2n) is 5.49. The Morgan fingerprint density at radius 3 is 3.10 bits per heavy atom. The fourth-order valence-corrected chi connectivity index (χ4v) is 2.79. The second-order valence-corrected chi connectivity index (χ2v) is 5.49. The van der Waals surface area contributed by atoms with E-state index in [4.69, 9.17) is 4.74 Å². The van der Waals surface area contributed by atoms with Gasteiger partial charge in [-0.1, -0.05) is 6.92 Å². The summed E-state index contributed by atoms with van der Waals surface area (Å²) in [6.07, 6.45) is 5.04. The lowest BCUT2D eigenvalue weighted by atomic mass is 10.2. The molecule has 5 nitrogen and oxygen atoms in total. The maximum atomic E-state index is 12.2. The van der Waals surface area contributed by atoms with Gasteiger partial charge in [-0.15, -0.1) is 0 Å². The number of amides is 1. The van der Waals surface area contributed by atoms with E-state index in [1.165, 1.54) is 0 Å². The SMILES string of the molecule is CCc1nc2ccc(C(=O)NCC3CCCO3)cn2c1C. The number of nitrogens with one attached hydrogen (secondary N) is 1. The van der Waals surface area contributed by atoms with Crippen LogP contribution in [0.1, 0.15) is 41.5 Å². The summed E-state index contributed by atoms with van der Waals surface area (Å²) in [5.74, 6) is -0.0569. The Morgan fingerprint density at radius 2 is 2.38 bits per heavy atom. The predicted molar refractivity (Wildman–Crippen MR) is 80.6 cm³/mol. The van der Waals surface area contributed by atoms with Crippen LogP contribution in [0.5, 0.6) is 0 Å².